The van der Waals surface area contributed by atoms with Crippen molar-refractivity contribution in [2.45, 2.75) is 37.6 Å². The van der Waals surface area contributed by atoms with Gasteiger partial charge in [-0.05, 0) is 51.2 Å². The number of carbonyl (C=O) groups excluding carboxylic acids is 2. The van der Waals surface area contributed by atoms with E-state index in [4.69, 9.17) is 5.73 Å². The second kappa shape index (κ2) is 7.57. The van der Waals surface area contributed by atoms with Crippen LogP contribution < -0.4 is 16.4 Å². The van der Waals surface area contributed by atoms with E-state index >= 15 is 0 Å². The lowest BCUT2D eigenvalue weighted by atomic mass is 9.82. The summed E-state index contributed by atoms with van der Waals surface area (Å²) in [5.41, 5.74) is 6.86. The zero-order chi connectivity index (χ0) is 16.9. The molecule has 0 radical (unpaired) electrons. The molecule has 1 fully saturated rings. The molecule has 4 N–H and O–H groups in total. The van der Waals surface area contributed by atoms with Crippen LogP contribution in [0.1, 0.15) is 32.1 Å². The highest BCUT2D eigenvalue weighted by atomic mass is 16.2. The summed E-state index contributed by atoms with van der Waals surface area (Å²) in [6, 6.07) is 7.09. The molecule has 0 saturated heterocycles. The Labute approximate surface area is 137 Å². The van der Waals surface area contributed by atoms with Gasteiger partial charge >= 0.3 is 0 Å². The highest BCUT2D eigenvalue weighted by molar-refractivity contribution is 5.98. The molecule has 0 spiro atoms. The molecule has 6 heteroatoms. The van der Waals surface area contributed by atoms with Crippen molar-refractivity contribution in [3.8, 4) is 0 Å². The van der Waals surface area contributed by atoms with Crippen molar-refractivity contribution in [1.29, 1.82) is 0 Å². The fourth-order valence-electron chi connectivity index (χ4n) is 2.79. The number of nitrogens with two attached hydrogens (primary N) is 1. The van der Waals surface area contributed by atoms with Gasteiger partial charge in [-0.2, -0.15) is 0 Å². The number of carbonyl (C=O) groups is 2. The van der Waals surface area contributed by atoms with Gasteiger partial charge in [-0.1, -0.05) is 19.3 Å². The maximum absolute atomic E-state index is 12.4. The molecule has 0 heterocycles. The predicted molar refractivity (Wildman–Crippen MR) is 92.3 cm³/mol. The Morgan fingerprint density at radius 3 is 2.09 bits per heavy atom. The van der Waals surface area contributed by atoms with Crippen LogP contribution >= 0.6 is 0 Å². The minimum Gasteiger partial charge on any atom is -0.325 e. The van der Waals surface area contributed by atoms with Crippen LogP contribution in [0.2, 0.25) is 0 Å². The lowest BCUT2D eigenvalue weighted by molar-refractivity contribution is -0.122. The van der Waals surface area contributed by atoms with Crippen molar-refractivity contribution >= 4 is 23.2 Å². The molecular formula is C17H26N4O2. The quantitative estimate of drug-likeness (QED) is 0.772. The van der Waals surface area contributed by atoms with Gasteiger partial charge in [0.1, 0.15) is 0 Å². The van der Waals surface area contributed by atoms with Gasteiger partial charge in [-0.25, -0.2) is 0 Å². The van der Waals surface area contributed by atoms with Crippen LogP contribution in [0, 0.1) is 0 Å². The standard InChI is InChI=1S/C17H26N4O2/c1-21(2)12-15(22)19-13-6-8-14(9-7-13)20-16(23)17(18)10-4-3-5-11-17/h6-9H,3-5,10-12,18H2,1-2H3,(H,19,22)(H,20,23). The maximum atomic E-state index is 12.4. The number of hydrogen-bond acceptors (Lipinski definition) is 4. The van der Waals surface area contributed by atoms with Crippen LogP contribution in [0.3, 0.4) is 0 Å². The van der Waals surface area contributed by atoms with Gasteiger partial charge in [-0.3, -0.25) is 9.59 Å². The monoisotopic (exact) mass is 318 g/mol. The van der Waals surface area contributed by atoms with Crippen molar-refractivity contribution < 1.29 is 9.59 Å². The lowest BCUT2D eigenvalue weighted by Gasteiger charge is -2.31. The summed E-state index contributed by atoms with van der Waals surface area (Å²) < 4.78 is 0. The SMILES string of the molecule is CN(C)CC(=O)Nc1ccc(NC(=O)C2(N)CCCCC2)cc1. The molecule has 2 rings (SSSR count). The van der Waals surface area contributed by atoms with Crippen LogP contribution in [-0.4, -0.2) is 42.9 Å². The van der Waals surface area contributed by atoms with Crippen molar-refractivity contribution in [3.05, 3.63) is 24.3 Å². The minimum atomic E-state index is -0.753. The van der Waals surface area contributed by atoms with Gasteiger partial charge in [0, 0.05) is 11.4 Å². The molecule has 1 aromatic rings. The van der Waals surface area contributed by atoms with E-state index in [1.54, 1.807) is 29.2 Å². The number of nitrogens with one attached hydrogen (secondary N) is 2. The number of nitrogens with zero attached hydrogens (tertiary/aromatic N) is 1. The molecule has 1 saturated carbocycles. The van der Waals surface area contributed by atoms with Gasteiger partial charge in [0.15, 0.2) is 0 Å². The van der Waals surface area contributed by atoms with E-state index in [1.807, 2.05) is 14.1 Å². The number of benzene rings is 1. The van der Waals surface area contributed by atoms with Gasteiger partial charge in [0.25, 0.3) is 0 Å². The Morgan fingerprint density at radius 1 is 1.04 bits per heavy atom. The summed E-state index contributed by atoms with van der Waals surface area (Å²) in [6.45, 7) is 0.328. The Bertz CT molecular complexity index is 548. The van der Waals surface area contributed by atoms with Crippen LogP contribution in [-0.2, 0) is 9.59 Å². The summed E-state index contributed by atoms with van der Waals surface area (Å²) in [5.74, 6) is -0.198. The van der Waals surface area contributed by atoms with E-state index < -0.39 is 5.54 Å². The third kappa shape index (κ3) is 5.04. The number of anilines is 2. The second-order valence-electron chi connectivity index (χ2n) is 6.53. The molecule has 0 atom stereocenters. The van der Waals surface area contributed by atoms with Crippen LogP contribution in [0.5, 0.6) is 0 Å². The molecule has 0 bridgehead atoms. The first kappa shape index (κ1) is 17.4. The number of likely N-dealkylation sites (N-methyl/N-ethyl adjacent to an activating group) is 1. The van der Waals surface area contributed by atoms with E-state index in [0.717, 1.165) is 32.1 Å². The third-order valence-electron chi connectivity index (χ3n) is 4.08. The molecule has 1 aromatic carbocycles. The molecule has 1 aliphatic carbocycles. The molecule has 2 amide bonds. The predicted octanol–water partition coefficient (Wildman–Crippen LogP) is 1.79. The van der Waals surface area contributed by atoms with E-state index in [1.165, 1.54) is 0 Å². The Balaban J connectivity index is 1.92. The highest BCUT2D eigenvalue weighted by Crippen LogP contribution is 2.27. The Morgan fingerprint density at radius 2 is 1.57 bits per heavy atom. The molecule has 0 aromatic heterocycles. The zero-order valence-corrected chi connectivity index (χ0v) is 13.9. The van der Waals surface area contributed by atoms with E-state index in [-0.39, 0.29) is 11.8 Å². The van der Waals surface area contributed by atoms with E-state index in [9.17, 15) is 9.59 Å². The van der Waals surface area contributed by atoms with Crippen LogP contribution in [0.25, 0.3) is 0 Å². The third-order valence-corrected chi connectivity index (χ3v) is 4.08. The largest absolute Gasteiger partial charge is 0.325 e. The van der Waals surface area contributed by atoms with Gasteiger partial charge in [0.05, 0.1) is 12.1 Å². The number of rotatable bonds is 5. The second-order valence-corrected chi connectivity index (χ2v) is 6.53. The Hall–Kier alpha value is -1.92. The topological polar surface area (TPSA) is 87.5 Å². The fraction of sp³-hybridized carbons (Fsp3) is 0.529. The first-order valence-corrected chi connectivity index (χ1v) is 8.04. The van der Waals surface area contributed by atoms with Gasteiger partial charge in [-0.15, -0.1) is 0 Å². The molecule has 6 nitrogen and oxygen atoms in total. The van der Waals surface area contributed by atoms with Gasteiger partial charge in [0.2, 0.25) is 11.8 Å². The molecule has 23 heavy (non-hydrogen) atoms. The smallest absolute Gasteiger partial charge is 0.244 e. The number of hydrogen-bond donors (Lipinski definition) is 3. The average molecular weight is 318 g/mol. The molecule has 0 aliphatic heterocycles. The minimum absolute atomic E-state index is 0.0742. The van der Waals surface area contributed by atoms with Crippen LogP contribution in [0.15, 0.2) is 24.3 Å². The van der Waals surface area contributed by atoms with Crippen molar-refractivity contribution in [3.63, 3.8) is 0 Å². The van der Waals surface area contributed by atoms with Crippen LogP contribution in [0.4, 0.5) is 11.4 Å². The van der Waals surface area contributed by atoms with Crippen molar-refractivity contribution in [2.24, 2.45) is 5.73 Å². The van der Waals surface area contributed by atoms with Crippen molar-refractivity contribution in [2.75, 3.05) is 31.3 Å². The zero-order valence-electron chi connectivity index (χ0n) is 13.9. The molecular weight excluding hydrogens is 292 g/mol. The molecule has 126 valence electrons. The summed E-state index contributed by atoms with van der Waals surface area (Å²) >= 11 is 0. The lowest BCUT2D eigenvalue weighted by Crippen LogP contribution is -2.52. The molecule has 1 aliphatic rings. The van der Waals surface area contributed by atoms with Crippen molar-refractivity contribution in [1.82, 2.24) is 4.90 Å². The summed E-state index contributed by atoms with van der Waals surface area (Å²) in [7, 11) is 3.68. The fourth-order valence-corrected chi connectivity index (χ4v) is 2.79. The first-order chi connectivity index (χ1) is 10.9. The first-order valence-electron chi connectivity index (χ1n) is 8.04. The van der Waals surface area contributed by atoms with Gasteiger partial charge < -0.3 is 21.3 Å². The summed E-state index contributed by atoms with van der Waals surface area (Å²) in [5, 5.41) is 5.69. The van der Waals surface area contributed by atoms with E-state index in [2.05, 4.69) is 10.6 Å². The Kier molecular flexibility index (Phi) is 5.74. The maximum Gasteiger partial charge on any atom is 0.244 e. The average Bonchev–Trinajstić information content (AvgIpc) is 2.49. The van der Waals surface area contributed by atoms with E-state index in [0.29, 0.717) is 17.9 Å². The normalized spacial score (nSPS) is 16.9. The number of amides is 2. The summed E-state index contributed by atoms with van der Waals surface area (Å²) in [4.78, 5) is 25.9. The highest BCUT2D eigenvalue weighted by Gasteiger charge is 2.35. The molecule has 0 unspecified atom stereocenters. The summed E-state index contributed by atoms with van der Waals surface area (Å²) in [6.07, 6.45) is 4.62.